The molecule has 10 aromatic carbocycles. The third-order valence-corrected chi connectivity index (χ3v) is 11.2. The molecule has 0 spiro atoms. The number of hydrogen-bond acceptors (Lipinski definition) is 2. The zero-order valence-electron chi connectivity index (χ0n) is 30.6. The minimum atomic E-state index is 0.867. The Morgan fingerprint density at radius 3 is 1.41 bits per heavy atom. The second-order valence-electron chi connectivity index (χ2n) is 14.4. The van der Waals surface area contributed by atoms with Crippen molar-refractivity contribution in [1.29, 1.82) is 0 Å². The van der Waals surface area contributed by atoms with Gasteiger partial charge in [-0.1, -0.05) is 170 Å². The maximum Gasteiger partial charge on any atom is 0.143 e. The van der Waals surface area contributed by atoms with E-state index >= 15 is 0 Å². The molecule has 0 atom stereocenters. The van der Waals surface area contributed by atoms with Crippen molar-refractivity contribution >= 4 is 71.3 Å². The van der Waals surface area contributed by atoms with Gasteiger partial charge in [0.25, 0.3) is 0 Å². The second kappa shape index (κ2) is 13.2. The summed E-state index contributed by atoms with van der Waals surface area (Å²) in [4.78, 5) is 2.38. The lowest BCUT2D eigenvalue weighted by Crippen LogP contribution is -2.10. The smallest absolute Gasteiger partial charge is 0.143 e. The van der Waals surface area contributed by atoms with Crippen LogP contribution in [-0.2, 0) is 0 Å². The van der Waals surface area contributed by atoms with Gasteiger partial charge in [-0.15, -0.1) is 0 Å². The van der Waals surface area contributed by atoms with E-state index in [2.05, 4.69) is 217 Å². The first-order valence-corrected chi connectivity index (χ1v) is 19.2. The lowest BCUT2D eigenvalue weighted by molar-refractivity contribution is 0.672. The molecule has 11 rings (SSSR count). The highest BCUT2D eigenvalue weighted by Gasteiger charge is 2.22. The minimum Gasteiger partial charge on any atom is -0.455 e. The second-order valence-corrected chi connectivity index (χ2v) is 14.4. The van der Waals surface area contributed by atoms with Crippen LogP contribution in [0.1, 0.15) is 0 Å². The summed E-state index contributed by atoms with van der Waals surface area (Å²) >= 11 is 0. The molecule has 2 heteroatoms. The summed E-state index contributed by atoms with van der Waals surface area (Å²) in [6.45, 7) is 0. The molecule has 0 N–H and O–H groups in total. The van der Waals surface area contributed by atoms with Crippen LogP contribution in [0.4, 0.5) is 17.1 Å². The highest BCUT2D eigenvalue weighted by Crippen LogP contribution is 2.47. The standard InChI is InChI=1S/C54H35NO/c1-3-14-36(15-4-1)37-26-31-41(32-27-37)55(49-24-13-25-50-53(49)48-35-30-38-16-7-8-19-43(38)54(48)56-50)42-33-28-40(29-34-42)52-47-23-12-10-21-45(47)44-20-9-11-22-46(44)51(52)39-17-5-2-6-18-39/h1-35H. The molecule has 0 fully saturated rings. The molecule has 0 saturated heterocycles. The summed E-state index contributed by atoms with van der Waals surface area (Å²) in [7, 11) is 0. The molecule has 0 bridgehead atoms. The maximum atomic E-state index is 6.69. The van der Waals surface area contributed by atoms with E-state index in [1.54, 1.807) is 0 Å². The van der Waals surface area contributed by atoms with Crippen molar-refractivity contribution in [3.63, 3.8) is 0 Å². The number of rotatable bonds is 6. The molecular weight excluding hydrogens is 679 g/mol. The van der Waals surface area contributed by atoms with E-state index in [1.807, 2.05) is 0 Å². The van der Waals surface area contributed by atoms with E-state index in [1.165, 1.54) is 60.3 Å². The average Bonchev–Trinajstić information content (AvgIpc) is 3.67. The van der Waals surface area contributed by atoms with Gasteiger partial charge in [0.15, 0.2) is 0 Å². The quantitative estimate of drug-likeness (QED) is 0.160. The zero-order chi connectivity index (χ0) is 37.0. The normalized spacial score (nSPS) is 11.6. The largest absolute Gasteiger partial charge is 0.455 e. The first-order valence-electron chi connectivity index (χ1n) is 19.2. The van der Waals surface area contributed by atoms with Crippen molar-refractivity contribution in [3.05, 3.63) is 212 Å². The maximum absolute atomic E-state index is 6.69. The van der Waals surface area contributed by atoms with Gasteiger partial charge in [0.05, 0.1) is 11.1 Å². The summed E-state index contributed by atoms with van der Waals surface area (Å²) < 4.78 is 6.69. The van der Waals surface area contributed by atoms with Gasteiger partial charge < -0.3 is 9.32 Å². The highest BCUT2D eigenvalue weighted by atomic mass is 16.3. The highest BCUT2D eigenvalue weighted by molar-refractivity contribution is 6.22. The first-order chi connectivity index (χ1) is 27.8. The van der Waals surface area contributed by atoms with Gasteiger partial charge in [0.2, 0.25) is 0 Å². The van der Waals surface area contributed by atoms with E-state index < -0.39 is 0 Å². The monoisotopic (exact) mass is 713 g/mol. The van der Waals surface area contributed by atoms with Crippen LogP contribution in [-0.4, -0.2) is 0 Å². The zero-order valence-corrected chi connectivity index (χ0v) is 30.6. The van der Waals surface area contributed by atoms with Gasteiger partial charge >= 0.3 is 0 Å². The fraction of sp³-hybridized carbons (Fsp3) is 0. The van der Waals surface area contributed by atoms with Crippen LogP contribution in [0, 0.1) is 0 Å². The fourth-order valence-electron chi connectivity index (χ4n) is 8.71. The molecule has 0 aliphatic heterocycles. The Morgan fingerprint density at radius 2 is 0.786 bits per heavy atom. The molecule has 0 amide bonds. The number of furan rings is 1. The van der Waals surface area contributed by atoms with Crippen molar-refractivity contribution in [1.82, 2.24) is 0 Å². The van der Waals surface area contributed by atoms with Crippen LogP contribution in [0.15, 0.2) is 217 Å². The first kappa shape index (κ1) is 32.0. The third-order valence-electron chi connectivity index (χ3n) is 11.2. The molecule has 2 nitrogen and oxygen atoms in total. The average molecular weight is 714 g/mol. The number of benzene rings is 10. The Kier molecular flexibility index (Phi) is 7.53. The van der Waals surface area contributed by atoms with Crippen molar-refractivity contribution in [3.8, 4) is 33.4 Å². The van der Waals surface area contributed by atoms with Gasteiger partial charge in [-0.2, -0.15) is 0 Å². The van der Waals surface area contributed by atoms with Crippen LogP contribution in [0.3, 0.4) is 0 Å². The molecule has 1 heterocycles. The van der Waals surface area contributed by atoms with E-state index in [4.69, 9.17) is 4.42 Å². The van der Waals surface area contributed by atoms with Crippen molar-refractivity contribution in [2.24, 2.45) is 0 Å². The van der Waals surface area contributed by atoms with Crippen LogP contribution in [0.5, 0.6) is 0 Å². The van der Waals surface area contributed by atoms with Crippen molar-refractivity contribution < 1.29 is 4.42 Å². The Balaban J connectivity index is 1.13. The molecule has 11 aromatic rings. The Labute approximate surface area is 325 Å². The van der Waals surface area contributed by atoms with Crippen LogP contribution in [0.25, 0.3) is 87.6 Å². The van der Waals surface area contributed by atoms with Gasteiger partial charge in [0.1, 0.15) is 11.2 Å². The van der Waals surface area contributed by atoms with Crippen LogP contribution < -0.4 is 4.90 Å². The predicted molar refractivity (Wildman–Crippen MR) is 237 cm³/mol. The molecule has 0 radical (unpaired) electrons. The molecule has 0 saturated carbocycles. The molecule has 262 valence electrons. The Morgan fingerprint density at radius 1 is 0.304 bits per heavy atom. The van der Waals surface area contributed by atoms with Crippen LogP contribution >= 0.6 is 0 Å². The van der Waals surface area contributed by atoms with Crippen molar-refractivity contribution in [2.75, 3.05) is 4.90 Å². The SMILES string of the molecule is c1ccc(-c2ccc(N(c3ccc(-c4c(-c5ccccc5)c5ccccc5c5ccccc45)cc3)c3cccc4oc5c6ccccc6ccc5c34)cc2)cc1. The third kappa shape index (κ3) is 5.19. The van der Waals surface area contributed by atoms with Gasteiger partial charge in [-0.25, -0.2) is 0 Å². The minimum absolute atomic E-state index is 0.867. The van der Waals surface area contributed by atoms with Gasteiger partial charge in [-0.3, -0.25) is 0 Å². The molecule has 56 heavy (non-hydrogen) atoms. The summed E-state index contributed by atoms with van der Waals surface area (Å²) in [6, 6.07) is 76.4. The Hall–Kier alpha value is -7.42. The molecule has 0 aliphatic rings. The summed E-state index contributed by atoms with van der Waals surface area (Å²) in [6.07, 6.45) is 0. The number of anilines is 3. The van der Waals surface area contributed by atoms with E-state index in [9.17, 15) is 0 Å². The lowest BCUT2D eigenvalue weighted by atomic mass is 9.85. The lowest BCUT2D eigenvalue weighted by Gasteiger charge is -2.27. The molecule has 0 unspecified atom stereocenters. The van der Waals surface area contributed by atoms with Crippen molar-refractivity contribution in [2.45, 2.75) is 0 Å². The molecular formula is C54H35NO. The van der Waals surface area contributed by atoms with E-state index in [0.29, 0.717) is 0 Å². The molecule has 1 aromatic heterocycles. The number of nitrogens with zero attached hydrogens (tertiary/aromatic N) is 1. The number of fused-ring (bicyclic) bond motifs is 8. The summed E-state index contributed by atoms with van der Waals surface area (Å²) in [5.74, 6) is 0. The van der Waals surface area contributed by atoms with Gasteiger partial charge in [0, 0.05) is 22.1 Å². The molecule has 0 aliphatic carbocycles. The summed E-state index contributed by atoms with van der Waals surface area (Å²) in [5.41, 5.74) is 12.2. The van der Waals surface area contributed by atoms with E-state index in [0.717, 1.165) is 44.4 Å². The van der Waals surface area contributed by atoms with Gasteiger partial charge in [-0.05, 0) is 103 Å². The predicted octanol–water partition coefficient (Wildman–Crippen LogP) is 15.5. The Bertz CT molecular complexity index is 3220. The van der Waals surface area contributed by atoms with E-state index in [-0.39, 0.29) is 0 Å². The fourth-order valence-corrected chi connectivity index (χ4v) is 8.71. The van der Waals surface area contributed by atoms with Crippen LogP contribution in [0.2, 0.25) is 0 Å². The topological polar surface area (TPSA) is 16.4 Å². The number of hydrogen-bond donors (Lipinski definition) is 0. The summed E-state index contributed by atoms with van der Waals surface area (Å²) in [5, 5.41) is 9.50.